The molecule has 0 aliphatic rings. The number of carbonyl (C=O) groups is 1. The Balaban J connectivity index is 1.33. The first-order chi connectivity index (χ1) is 16.7. The number of hydrogen-bond donors (Lipinski definition) is 4. The lowest BCUT2D eigenvalue weighted by Gasteiger charge is -2.12. The van der Waals surface area contributed by atoms with E-state index in [1.165, 1.54) is 0 Å². The van der Waals surface area contributed by atoms with Crippen molar-refractivity contribution in [1.29, 1.82) is 0 Å². The van der Waals surface area contributed by atoms with Gasteiger partial charge in [-0.2, -0.15) is 0 Å². The second-order valence-corrected chi connectivity index (χ2v) is 7.90. The Kier molecular flexibility index (Phi) is 4.77. The summed E-state index contributed by atoms with van der Waals surface area (Å²) in [5.74, 6) is 0. The molecule has 0 spiro atoms. The van der Waals surface area contributed by atoms with E-state index < -0.39 is 0 Å². The van der Waals surface area contributed by atoms with Gasteiger partial charge in [-0.05, 0) is 53.9 Å². The minimum absolute atomic E-state index is 0.323. The number of aromatic nitrogens is 4. The predicted molar refractivity (Wildman–Crippen MR) is 136 cm³/mol. The van der Waals surface area contributed by atoms with Gasteiger partial charge in [-0.25, -0.2) is 14.8 Å². The highest BCUT2D eigenvalue weighted by atomic mass is 16.2. The van der Waals surface area contributed by atoms with Crippen LogP contribution in [-0.4, -0.2) is 26.0 Å². The molecule has 0 saturated carbocycles. The standard InChI is InChI=1S/C27H20N6O/c34-27(33-20-9-3-7-17-6-1-2-8-19(17)20)30-18-12-13-21-24(16-18)32-26(23-11-5-15-29-23)25(31-21)22-10-4-14-28-22/h1-16,28-29H,(H2,30,33,34). The van der Waals surface area contributed by atoms with E-state index in [2.05, 4.69) is 20.6 Å². The van der Waals surface area contributed by atoms with E-state index in [4.69, 9.17) is 9.97 Å². The fourth-order valence-corrected chi connectivity index (χ4v) is 4.08. The van der Waals surface area contributed by atoms with E-state index in [-0.39, 0.29) is 6.03 Å². The van der Waals surface area contributed by atoms with Gasteiger partial charge in [0.05, 0.1) is 28.1 Å². The summed E-state index contributed by atoms with van der Waals surface area (Å²) in [7, 11) is 0. The normalized spacial score (nSPS) is 11.1. The van der Waals surface area contributed by atoms with Crippen LogP contribution in [0.25, 0.3) is 44.6 Å². The number of nitrogens with zero attached hydrogens (tertiary/aromatic N) is 2. The van der Waals surface area contributed by atoms with Crippen molar-refractivity contribution >= 4 is 39.2 Å². The Morgan fingerprint density at radius 2 is 1.38 bits per heavy atom. The molecule has 7 heteroatoms. The fourth-order valence-electron chi connectivity index (χ4n) is 4.08. The fraction of sp³-hybridized carbons (Fsp3) is 0. The second-order valence-electron chi connectivity index (χ2n) is 7.90. The van der Waals surface area contributed by atoms with Crippen LogP contribution in [0.1, 0.15) is 0 Å². The lowest BCUT2D eigenvalue weighted by molar-refractivity contribution is 0.262. The van der Waals surface area contributed by atoms with Crippen molar-refractivity contribution in [2.75, 3.05) is 10.6 Å². The number of urea groups is 1. The van der Waals surface area contributed by atoms with Crippen molar-refractivity contribution in [3.05, 3.63) is 97.3 Å². The van der Waals surface area contributed by atoms with E-state index >= 15 is 0 Å². The minimum Gasteiger partial charge on any atom is -0.360 e. The summed E-state index contributed by atoms with van der Waals surface area (Å²) in [5.41, 5.74) is 6.04. The van der Waals surface area contributed by atoms with Crippen LogP contribution in [0, 0.1) is 0 Å². The highest BCUT2D eigenvalue weighted by Crippen LogP contribution is 2.30. The number of carbonyl (C=O) groups excluding carboxylic acids is 1. The summed E-state index contributed by atoms with van der Waals surface area (Å²) in [6.07, 6.45) is 3.72. The first kappa shape index (κ1) is 19.8. The molecule has 0 aliphatic heterocycles. The first-order valence-corrected chi connectivity index (χ1v) is 10.9. The van der Waals surface area contributed by atoms with E-state index in [0.29, 0.717) is 11.2 Å². The molecule has 0 aliphatic carbocycles. The smallest absolute Gasteiger partial charge is 0.323 e. The van der Waals surface area contributed by atoms with Crippen LogP contribution in [0.4, 0.5) is 16.2 Å². The van der Waals surface area contributed by atoms with Crippen molar-refractivity contribution < 1.29 is 4.79 Å². The number of aromatic amines is 2. The van der Waals surface area contributed by atoms with Gasteiger partial charge in [0.15, 0.2) is 0 Å². The molecular formula is C27H20N6O. The topological polar surface area (TPSA) is 98.5 Å². The van der Waals surface area contributed by atoms with Gasteiger partial charge in [-0.15, -0.1) is 0 Å². The Hall–Kier alpha value is -4.91. The maximum Gasteiger partial charge on any atom is 0.323 e. The summed E-state index contributed by atoms with van der Waals surface area (Å²) in [4.78, 5) is 28.9. The van der Waals surface area contributed by atoms with E-state index in [1.54, 1.807) is 0 Å². The Morgan fingerprint density at radius 3 is 2.12 bits per heavy atom. The van der Waals surface area contributed by atoms with Crippen molar-refractivity contribution in [3.8, 4) is 22.8 Å². The summed E-state index contributed by atoms with van der Waals surface area (Å²) >= 11 is 0. The number of H-pyrrole nitrogens is 2. The summed E-state index contributed by atoms with van der Waals surface area (Å²) < 4.78 is 0. The molecule has 0 atom stereocenters. The van der Waals surface area contributed by atoms with Crippen molar-refractivity contribution in [1.82, 2.24) is 19.9 Å². The van der Waals surface area contributed by atoms with Gasteiger partial charge in [0.25, 0.3) is 0 Å². The molecule has 164 valence electrons. The summed E-state index contributed by atoms with van der Waals surface area (Å²) in [6, 6.07) is 26.7. The summed E-state index contributed by atoms with van der Waals surface area (Å²) in [5, 5.41) is 7.91. The SMILES string of the molecule is O=C(Nc1ccc2nc(-c3ccc[nH]3)c(-c3ccc[nH]3)nc2c1)Nc1cccc2ccccc12. The minimum atomic E-state index is -0.323. The number of nitrogens with one attached hydrogen (secondary N) is 4. The van der Waals surface area contributed by atoms with Crippen LogP contribution in [0.15, 0.2) is 97.3 Å². The number of benzene rings is 3. The van der Waals surface area contributed by atoms with Crippen LogP contribution in [0.5, 0.6) is 0 Å². The number of hydrogen-bond acceptors (Lipinski definition) is 3. The van der Waals surface area contributed by atoms with Crippen LogP contribution >= 0.6 is 0 Å². The van der Waals surface area contributed by atoms with Gasteiger partial charge in [-0.1, -0.05) is 36.4 Å². The Morgan fingerprint density at radius 1 is 0.676 bits per heavy atom. The van der Waals surface area contributed by atoms with Crippen molar-refractivity contribution in [3.63, 3.8) is 0 Å². The molecule has 0 saturated heterocycles. The van der Waals surface area contributed by atoms with E-state index in [1.807, 2.05) is 97.3 Å². The molecular weight excluding hydrogens is 424 g/mol. The Labute approximate surface area is 194 Å². The highest BCUT2D eigenvalue weighted by Gasteiger charge is 2.15. The zero-order valence-corrected chi connectivity index (χ0v) is 18.0. The molecule has 3 heterocycles. The van der Waals surface area contributed by atoms with Gasteiger partial charge in [0.2, 0.25) is 0 Å². The highest BCUT2D eigenvalue weighted by molar-refractivity contribution is 6.06. The lowest BCUT2D eigenvalue weighted by Crippen LogP contribution is -2.19. The maximum absolute atomic E-state index is 12.8. The molecule has 2 amide bonds. The predicted octanol–water partition coefficient (Wildman–Crippen LogP) is 6.42. The van der Waals surface area contributed by atoms with Crippen LogP contribution in [0.3, 0.4) is 0 Å². The molecule has 0 fully saturated rings. The van der Waals surface area contributed by atoms with Crippen molar-refractivity contribution in [2.45, 2.75) is 0 Å². The van der Waals surface area contributed by atoms with E-state index in [0.717, 1.165) is 44.8 Å². The van der Waals surface area contributed by atoms with Gasteiger partial charge >= 0.3 is 6.03 Å². The second kappa shape index (κ2) is 8.22. The average molecular weight is 444 g/mol. The third-order valence-corrected chi connectivity index (χ3v) is 5.67. The number of fused-ring (bicyclic) bond motifs is 2. The van der Waals surface area contributed by atoms with E-state index in [9.17, 15) is 4.79 Å². The monoisotopic (exact) mass is 444 g/mol. The third kappa shape index (κ3) is 3.65. The molecule has 0 radical (unpaired) electrons. The average Bonchev–Trinajstić information content (AvgIpc) is 3.58. The molecule has 4 N–H and O–H groups in total. The Bertz CT molecular complexity index is 1620. The lowest BCUT2D eigenvalue weighted by atomic mass is 10.1. The largest absolute Gasteiger partial charge is 0.360 e. The van der Waals surface area contributed by atoms with Crippen LogP contribution in [0.2, 0.25) is 0 Å². The molecule has 3 aromatic carbocycles. The zero-order valence-electron chi connectivity index (χ0n) is 18.0. The van der Waals surface area contributed by atoms with Gasteiger partial charge in [0, 0.05) is 23.5 Å². The molecule has 6 rings (SSSR count). The van der Waals surface area contributed by atoms with Gasteiger partial charge < -0.3 is 20.6 Å². The van der Waals surface area contributed by atoms with Crippen molar-refractivity contribution in [2.24, 2.45) is 0 Å². The third-order valence-electron chi connectivity index (χ3n) is 5.67. The number of rotatable bonds is 4. The van der Waals surface area contributed by atoms with Gasteiger partial charge in [-0.3, -0.25) is 0 Å². The number of amides is 2. The molecule has 34 heavy (non-hydrogen) atoms. The quantitative estimate of drug-likeness (QED) is 0.253. The van der Waals surface area contributed by atoms with Crippen LogP contribution in [-0.2, 0) is 0 Å². The zero-order chi connectivity index (χ0) is 22.9. The maximum atomic E-state index is 12.8. The molecule has 0 unspecified atom stereocenters. The molecule has 7 nitrogen and oxygen atoms in total. The molecule has 6 aromatic rings. The number of anilines is 2. The summed E-state index contributed by atoms with van der Waals surface area (Å²) in [6.45, 7) is 0. The van der Waals surface area contributed by atoms with Gasteiger partial charge in [0.1, 0.15) is 11.4 Å². The van der Waals surface area contributed by atoms with Crippen LogP contribution < -0.4 is 10.6 Å². The first-order valence-electron chi connectivity index (χ1n) is 10.9. The molecule has 3 aromatic heterocycles. The molecule has 0 bridgehead atoms.